The fraction of sp³-hybridized carbons (Fsp3) is 0.250. The third-order valence-corrected chi connectivity index (χ3v) is 1.57. The van der Waals surface area contributed by atoms with E-state index < -0.39 is 5.09 Å². The molecule has 0 saturated carbocycles. The predicted octanol–water partition coefficient (Wildman–Crippen LogP) is 2.01. The van der Waals surface area contributed by atoms with E-state index in [0.717, 1.165) is 0 Å². The van der Waals surface area contributed by atoms with Crippen molar-refractivity contribution in [3.05, 3.63) is 55.9 Å². The quantitative estimate of drug-likeness (QED) is 0.242. The van der Waals surface area contributed by atoms with Gasteiger partial charge in [0.1, 0.15) is 6.61 Å². The van der Waals surface area contributed by atoms with E-state index >= 15 is 0 Å². The van der Waals surface area contributed by atoms with Crippen molar-refractivity contribution >= 4 is 0 Å². The Labute approximate surface area is 85.0 Å². The van der Waals surface area contributed by atoms with Gasteiger partial charge in [0.25, 0.3) is 5.09 Å². The first-order valence-electron chi connectivity index (χ1n) is 4.00. The molecule has 1 radical (unpaired) electrons. The molecule has 0 aliphatic heterocycles. The van der Waals surface area contributed by atoms with Gasteiger partial charge in [-0.3, -0.25) is 0 Å². The molecule has 7 nitrogen and oxygen atoms in total. The minimum Gasteiger partial charge on any atom is -0.309 e. The number of benzene rings is 1. The van der Waals surface area contributed by atoms with E-state index in [-0.39, 0.29) is 13.2 Å². The summed E-state index contributed by atoms with van der Waals surface area (Å²) in [5.41, 5.74) is 9.40. The Morgan fingerprint density at radius 1 is 1.73 bits per heavy atom. The van der Waals surface area contributed by atoms with Crippen LogP contribution in [0, 0.1) is 16.2 Å². The van der Waals surface area contributed by atoms with Crippen LogP contribution in [-0.2, 0) is 18.0 Å². The second-order valence-corrected chi connectivity index (χ2v) is 2.61. The van der Waals surface area contributed by atoms with Crippen LogP contribution in [0.5, 0.6) is 0 Å². The predicted molar refractivity (Wildman–Crippen MR) is 49.9 cm³/mol. The molecule has 0 heterocycles. The maximum absolute atomic E-state index is 9.94. The summed E-state index contributed by atoms with van der Waals surface area (Å²) in [4.78, 5) is 16.7. The van der Waals surface area contributed by atoms with Crippen LogP contribution in [0.2, 0.25) is 0 Å². The van der Waals surface area contributed by atoms with Gasteiger partial charge >= 0.3 is 0 Å². The van der Waals surface area contributed by atoms with Crippen LogP contribution < -0.4 is 0 Å². The zero-order valence-corrected chi connectivity index (χ0v) is 7.66. The summed E-state index contributed by atoms with van der Waals surface area (Å²) >= 11 is 0. The van der Waals surface area contributed by atoms with Crippen molar-refractivity contribution < 1.29 is 9.92 Å². The smallest absolute Gasteiger partial charge is 0.294 e. The van der Waals surface area contributed by atoms with Crippen molar-refractivity contribution in [2.45, 2.75) is 13.2 Å². The molecule has 1 aromatic rings. The monoisotopic (exact) mass is 207 g/mol. The van der Waals surface area contributed by atoms with Gasteiger partial charge in [0, 0.05) is 4.91 Å². The largest absolute Gasteiger partial charge is 0.309 e. The van der Waals surface area contributed by atoms with Crippen LogP contribution in [0.3, 0.4) is 0 Å². The Balaban J connectivity index is 2.65. The van der Waals surface area contributed by atoms with Gasteiger partial charge in [0.2, 0.25) is 0 Å². The van der Waals surface area contributed by atoms with Crippen LogP contribution in [0.15, 0.2) is 23.3 Å². The molecule has 15 heavy (non-hydrogen) atoms. The van der Waals surface area contributed by atoms with Crippen molar-refractivity contribution in [2.75, 3.05) is 0 Å². The molecule has 7 heteroatoms. The van der Waals surface area contributed by atoms with Gasteiger partial charge in [-0.1, -0.05) is 23.3 Å². The molecule has 0 spiro atoms. The Kier molecular flexibility index (Phi) is 3.93. The van der Waals surface area contributed by atoms with Gasteiger partial charge in [-0.15, -0.1) is 10.1 Å². The van der Waals surface area contributed by atoms with Crippen LogP contribution in [0.4, 0.5) is 0 Å². The minimum atomic E-state index is -0.857. The van der Waals surface area contributed by atoms with E-state index in [4.69, 9.17) is 5.53 Å². The SMILES string of the molecule is [N-]=[N+]=NCc1[c]ccc(CO[N+](=O)[O-])c1. The Morgan fingerprint density at radius 2 is 2.53 bits per heavy atom. The molecule has 0 aliphatic carbocycles. The lowest BCUT2D eigenvalue weighted by molar-refractivity contribution is -0.763. The van der Waals surface area contributed by atoms with Crippen molar-refractivity contribution in [3.8, 4) is 0 Å². The van der Waals surface area contributed by atoms with Crippen molar-refractivity contribution in [1.82, 2.24) is 0 Å². The lowest BCUT2D eigenvalue weighted by atomic mass is 10.1. The molecule has 1 aromatic carbocycles. The molecule has 0 amide bonds. The molecule has 0 atom stereocenters. The second kappa shape index (κ2) is 5.46. The number of hydrogen-bond donors (Lipinski definition) is 0. The first-order valence-corrected chi connectivity index (χ1v) is 4.00. The van der Waals surface area contributed by atoms with Crippen LogP contribution in [0.1, 0.15) is 11.1 Å². The fourth-order valence-electron chi connectivity index (χ4n) is 0.985. The standard InChI is InChI=1S/C8H7N4O3/c9-11-10-5-7-2-1-3-8(4-7)6-15-12(13)14/h1,3-4H,5-6H2. The number of hydrogen-bond acceptors (Lipinski definition) is 4. The van der Waals surface area contributed by atoms with Gasteiger partial charge in [-0.05, 0) is 22.7 Å². The summed E-state index contributed by atoms with van der Waals surface area (Å²) in [5, 5.41) is 12.4. The van der Waals surface area contributed by atoms with Crippen LogP contribution in [0.25, 0.3) is 10.4 Å². The minimum absolute atomic E-state index is 0.120. The van der Waals surface area contributed by atoms with E-state index in [1.165, 1.54) is 0 Å². The summed E-state index contributed by atoms with van der Waals surface area (Å²) < 4.78 is 0. The van der Waals surface area contributed by atoms with E-state index in [9.17, 15) is 10.1 Å². The fourth-order valence-corrected chi connectivity index (χ4v) is 0.985. The number of azide groups is 1. The average Bonchev–Trinajstić information content (AvgIpc) is 2.24. The average molecular weight is 207 g/mol. The van der Waals surface area contributed by atoms with Gasteiger partial charge in [-0.2, -0.15) is 0 Å². The van der Waals surface area contributed by atoms with Crippen molar-refractivity contribution in [3.63, 3.8) is 0 Å². The summed E-state index contributed by atoms with van der Waals surface area (Å²) in [6, 6.07) is 7.72. The maximum Gasteiger partial charge on any atom is 0.294 e. The Bertz CT molecular complexity index is 401. The first kappa shape index (κ1) is 10.8. The molecule has 0 N–H and O–H groups in total. The van der Waals surface area contributed by atoms with Crippen LogP contribution in [-0.4, -0.2) is 5.09 Å². The molecule has 0 bridgehead atoms. The van der Waals surface area contributed by atoms with Gasteiger partial charge in [-0.25, -0.2) is 0 Å². The third kappa shape index (κ3) is 3.97. The van der Waals surface area contributed by atoms with E-state index in [1.54, 1.807) is 18.2 Å². The Morgan fingerprint density at radius 3 is 3.20 bits per heavy atom. The van der Waals surface area contributed by atoms with Gasteiger partial charge in [0.05, 0.1) is 6.54 Å². The zero-order valence-electron chi connectivity index (χ0n) is 7.66. The highest BCUT2D eigenvalue weighted by atomic mass is 16.9. The summed E-state index contributed by atoms with van der Waals surface area (Å²) in [6.07, 6.45) is 0. The van der Waals surface area contributed by atoms with E-state index in [1.807, 2.05) is 0 Å². The van der Waals surface area contributed by atoms with Crippen molar-refractivity contribution in [1.29, 1.82) is 0 Å². The van der Waals surface area contributed by atoms with Crippen LogP contribution >= 0.6 is 0 Å². The van der Waals surface area contributed by atoms with Gasteiger partial charge < -0.3 is 4.84 Å². The topological polar surface area (TPSA) is 101 Å². The lowest BCUT2D eigenvalue weighted by Gasteiger charge is -2.01. The van der Waals surface area contributed by atoms with E-state index in [2.05, 4.69) is 20.9 Å². The highest BCUT2D eigenvalue weighted by Gasteiger charge is 1.99. The van der Waals surface area contributed by atoms with E-state index in [0.29, 0.717) is 11.1 Å². The van der Waals surface area contributed by atoms with Gasteiger partial charge in [0.15, 0.2) is 0 Å². The zero-order chi connectivity index (χ0) is 11.1. The molecule has 0 unspecified atom stereocenters. The Hall–Kier alpha value is -2.27. The molecule has 0 saturated heterocycles. The molecule has 1 rings (SSSR count). The number of rotatable bonds is 5. The lowest BCUT2D eigenvalue weighted by Crippen LogP contribution is -2.00. The molecule has 0 fully saturated rings. The molecular weight excluding hydrogens is 200 g/mol. The second-order valence-electron chi connectivity index (χ2n) is 2.61. The summed E-state index contributed by atoms with van der Waals surface area (Å²) in [5.74, 6) is 0. The molecular formula is C8H7N4O3. The maximum atomic E-state index is 9.94. The first-order chi connectivity index (χ1) is 7.22. The highest BCUT2D eigenvalue weighted by molar-refractivity contribution is 5.21. The highest BCUT2D eigenvalue weighted by Crippen LogP contribution is 2.07. The summed E-state index contributed by atoms with van der Waals surface area (Å²) in [6.45, 7) is 0.0494. The summed E-state index contributed by atoms with van der Waals surface area (Å²) in [7, 11) is 0. The van der Waals surface area contributed by atoms with Crippen molar-refractivity contribution in [2.24, 2.45) is 5.11 Å². The number of nitrogens with zero attached hydrogens (tertiary/aromatic N) is 4. The molecule has 0 aliphatic rings. The molecule has 0 aromatic heterocycles. The third-order valence-electron chi connectivity index (χ3n) is 1.57. The molecule has 77 valence electrons. The normalized spacial score (nSPS) is 9.07.